The van der Waals surface area contributed by atoms with E-state index in [2.05, 4.69) is 4.90 Å². The molecule has 4 heteroatoms. The van der Waals surface area contributed by atoms with E-state index in [0.29, 0.717) is 23.5 Å². The summed E-state index contributed by atoms with van der Waals surface area (Å²) in [6.07, 6.45) is 0.163. The first-order valence-electron chi connectivity index (χ1n) is 6.13. The summed E-state index contributed by atoms with van der Waals surface area (Å²) in [4.78, 5) is 14.1. The fourth-order valence-corrected chi connectivity index (χ4v) is 2.27. The molecular formula is C14H15NO3. The third-order valence-corrected chi connectivity index (χ3v) is 3.17. The Balaban J connectivity index is 2.04. The maximum Gasteiger partial charge on any atom is 0.200 e. The topological polar surface area (TPSA) is 42.7 Å². The summed E-state index contributed by atoms with van der Waals surface area (Å²) in [5.74, 6) is 0.633. The summed E-state index contributed by atoms with van der Waals surface area (Å²) in [6, 6.07) is 8.89. The predicted molar refractivity (Wildman–Crippen MR) is 70.1 cm³/mol. The lowest BCUT2D eigenvalue weighted by Crippen LogP contribution is -2.41. The van der Waals surface area contributed by atoms with Crippen molar-refractivity contribution in [3.05, 3.63) is 40.6 Å². The summed E-state index contributed by atoms with van der Waals surface area (Å²) in [7, 11) is 0. The molecule has 0 amide bonds. The highest BCUT2D eigenvalue weighted by atomic mass is 16.5. The maximum atomic E-state index is 12.0. The van der Waals surface area contributed by atoms with Crippen LogP contribution in [0.25, 0.3) is 11.0 Å². The Morgan fingerprint density at radius 2 is 2.17 bits per heavy atom. The smallest absolute Gasteiger partial charge is 0.200 e. The zero-order chi connectivity index (χ0) is 12.5. The fourth-order valence-electron chi connectivity index (χ4n) is 2.27. The van der Waals surface area contributed by atoms with Crippen molar-refractivity contribution in [1.82, 2.24) is 0 Å². The number of fused-ring (bicyclic) bond motifs is 1. The lowest BCUT2D eigenvalue weighted by Gasteiger charge is -2.31. The molecule has 1 aromatic carbocycles. The molecule has 0 saturated carbocycles. The van der Waals surface area contributed by atoms with Crippen molar-refractivity contribution in [1.29, 1.82) is 0 Å². The maximum absolute atomic E-state index is 12.0. The van der Waals surface area contributed by atoms with Gasteiger partial charge in [-0.1, -0.05) is 12.1 Å². The number of morpholine rings is 1. The van der Waals surface area contributed by atoms with Gasteiger partial charge in [-0.25, -0.2) is 0 Å². The summed E-state index contributed by atoms with van der Waals surface area (Å²) in [5, 5.41) is 0.627. The molecule has 3 rings (SSSR count). The van der Waals surface area contributed by atoms with Gasteiger partial charge in [0.15, 0.2) is 11.3 Å². The molecule has 94 valence electrons. The van der Waals surface area contributed by atoms with Crippen LogP contribution in [0.15, 0.2) is 39.5 Å². The van der Waals surface area contributed by atoms with Crippen molar-refractivity contribution in [2.24, 2.45) is 0 Å². The molecule has 2 aromatic rings. The minimum Gasteiger partial charge on any atom is -0.440 e. The standard InChI is InChI=1S/C14H15NO3/c1-10-9-15(6-7-17-10)14-8-12(16)11-4-2-3-5-13(11)18-14/h2-5,8,10H,6-7,9H2,1H3/t10-/m1/s1. The van der Waals surface area contributed by atoms with E-state index < -0.39 is 0 Å². The van der Waals surface area contributed by atoms with Crippen molar-refractivity contribution < 1.29 is 9.15 Å². The molecule has 1 aliphatic rings. The second-order valence-corrected chi connectivity index (χ2v) is 4.57. The number of hydrogen-bond acceptors (Lipinski definition) is 4. The molecular weight excluding hydrogens is 230 g/mol. The van der Waals surface area contributed by atoms with E-state index in [4.69, 9.17) is 9.15 Å². The SMILES string of the molecule is C[C@@H]1CN(c2cc(=O)c3ccccc3o2)CCO1. The van der Waals surface area contributed by atoms with E-state index in [9.17, 15) is 4.79 Å². The van der Waals surface area contributed by atoms with Gasteiger partial charge in [0.2, 0.25) is 0 Å². The number of nitrogens with zero attached hydrogens (tertiary/aromatic N) is 1. The van der Waals surface area contributed by atoms with Gasteiger partial charge in [-0.05, 0) is 19.1 Å². The molecule has 0 radical (unpaired) electrons. The van der Waals surface area contributed by atoms with Crippen LogP contribution in [-0.4, -0.2) is 25.8 Å². The van der Waals surface area contributed by atoms with Crippen molar-refractivity contribution in [2.75, 3.05) is 24.6 Å². The van der Waals surface area contributed by atoms with Crippen LogP contribution in [0.3, 0.4) is 0 Å². The van der Waals surface area contributed by atoms with E-state index in [0.717, 1.165) is 13.1 Å². The first kappa shape index (κ1) is 11.3. The van der Waals surface area contributed by atoms with Gasteiger partial charge in [-0.15, -0.1) is 0 Å². The van der Waals surface area contributed by atoms with E-state index in [-0.39, 0.29) is 11.5 Å². The zero-order valence-corrected chi connectivity index (χ0v) is 10.3. The minimum absolute atomic E-state index is 0.00555. The number of hydrogen-bond donors (Lipinski definition) is 0. The van der Waals surface area contributed by atoms with E-state index >= 15 is 0 Å². The number of ether oxygens (including phenoxy) is 1. The van der Waals surface area contributed by atoms with E-state index in [1.54, 1.807) is 12.1 Å². The Bertz CT molecular complexity index is 620. The van der Waals surface area contributed by atoms with Crippen molar-refractivity contribution in [3.8, 4) is 0 Å². The lowest BCUT2D eigenvalue weighted by molar-refractivity contribution is 0.0518. The molecule has 1 fully saturated rings. The van der Waals surface area contributed by atoms with Crippen LogP contribution in [-0.2, 0) is 4.74 Å². The highest BCUT2D eigenvalue weighted by Gasteiger charge is 2.19. The molecule has 2 heterocycles. The number of anilines is 1. The third-order valence-electron chi connectivity index (χ3n) is 3.17. The van der Waals surface area contributed by atoms with Crippen LogP contribution in [0.4, 0.5) is 5.88 Å². The van der Waals surface area contributed by atoms with Gasteiger partial charge in [0.1, 0.15) is 5.58 Å². The summed E-state index contributed by atoms with van der Waals surface area (Å²) < 4.78 is 11.3. The average molecular weight is 245 g/mol. The Labute approximate surface area is 105 Å². The van der Waals surface area contributed by atoms with E-state index in [1.165, 1.54) is 0 Å². The van der Waals surface area contributed by atoms with Gasteiger partial charge in [0.05, 0.1) is 18.1 Å². The Morgan fingerprint density at radius 1 is 1.33 bits per heavy atom. The second kappa shape index (κ2) is 4.46. The molecule has 0 N–H and O–H groups in total. The number of rotatable bonds is 1. The van der Waals surface area contributed by atoms with Crippen LogP contribution in [0.1, 0.15) is 6.92 Å². The fraction of sp³-hybridized carbons (Fsp3) is 0.357. The predicted octanol–water partition coefficient (Wildman–Crippen LogP) is 2.02. The average Bonchev–Trinajstić information content (AvgIpc) is 2.39. The monoisotopic (exact) mass is 245 g/mol. The van der Waals surface area contributed by atoms with Gasteiger partial charge >= 0.3 is 0 Å². The second-order valence-electron chi connectivity index (χ2n) is 4.57. The molecule has 0 bridgehead atoms. The summed E-state index contributed by atoms with van der Waals surface area (Å²) in [5.41, 5.74) is 0.644. The third kappa shape index (κ3) is 1.99. The highest BCUT2D eigenvalue weighted by molar-refractivity contribution is 5.77. The number of benzene rings is 1. The molecule has 1 atom stereocenters. The van der Waals surface area contributed by atoms with E-state index in [1.807, 2.05) is 25.1 Å². The zero-order valence-electron chi connectivity index (χ0n) is 10.3. The molecule has 0 aliphatic carbocycles. The lowest BCUT2D eigenvalue weighted by atomic mass is 10.2. The molecule has 18 heavy (non-hydrogen) atoms. The van der Waals surface area contributed by atoms with Gasteiger partial charge in [0.25, 0.3) is 0 Å². The van der Waals surface area contributed by atoms with Crippen LogP contribution in [0, 0.1) is 0 Å². The van der Waals surface area contributed by atoms with Crippen molar-refractivity contribution in [2.45, 2.75) is 13.0 Å². The van der Waals surface area contributed by atoms with Gasteiger partial charge in [-0.3, -0.25) is 4.79 Å². The van der Waals surface area contributed by atoms with Gasteiger partial charge < -0.3 is 14.1 Å². The Morgan fingerprint density at radius 3 is 3.00 bits per heavy atom. The van der Waals surface area contributed by atoms with Crippen LogP contribution >= 0.6 is 0 Å². The number of para-hydroxylation sites is 1. The first-order valence-corrected chi connectivity index (χ1v) is 6.13. The molecule has 4 nitrogen and oxygen atoms in total. The molecule has 0 unspecified atom stereocenters. The van der Waals surface area contributed by atoms with Crippen molar-refractivity contribution in [3.63, 3.8) is 0 Å². The molecule has 1 saturated heterocycles. The summed E-state index contributed by atoms with van der Waals surface area (Å²) >= 11 is 0. The van der Waals surface area contributed by atoms with Gasteiger partial charge in [-0.2, -0.15) is 0 Å². The summed E-state index contributed by atoms with van der Waals surface area (Å²) in [6.45, 7) is 4.19. The minimum atomic E-state index is 0.00555. The van der Waals surface area contributed by atoms with Crippen LogP contribution in [0.5, 0.6) is 0 Å². The highest BCUT2D eigenvalue weighted by Crippen LogP contribution is 2.20. The molecule has 1 aliphatic heterocycles. The normalized spacial score (nSPS) is 20.3. The largest absolute Gasteiger partial charge is 0.440 e. The van der Waals surface area contributed by atoms with Crippen LogP contribution < -0.4 is 10.3 Å². The molecule has 0 spiro atoms. The first-order chi connectivity index (χ1) is 8.74. The molecule has 1 aromatic heterocycles. The quantitative estimate of drug-likeness (QED) is 0.771. The Kier molecular flexibility index (Phi) is 2.80. The van der Waals surface area contributed by atoms with Crippen LogP contribution in [0.2, 0.25) is 0 Å². The van der Waals surface area contributed by atoms with Gasteiger partial charge in [0, 0.05) is 19.2 Å². The van der Waals surface area contributed by atoms with Crippen molar-refractivity contribution >= 4 is 16.9 Å². The Hall–Kier alpha value is -1.81.